The monoisotopic (exact) mass is 288 g/mol. The van der Waals surface area contributed by atoms with Crippen molar-refractivity contribution in [1.29, 1.82) is 0 Å². The molecule has 4 rings (SSSR count). The van der Waals surface area contributed by atoms with E-state index in [0.29, 0.717) is 17.2 Å². The molecule has 0 saturated carbocycles. The molecule has 2 aliphatic heterocycles. The molecule has 1 aromatic heterocycles. The maximum Gasteiger partial charge on any atom is 0.159 e. The van der Waals surface area contributed by atoms with E-state index >= 15 is 0 Å². The molecule has 5 heteroatoms. The molecule has 2 atom stereocenters. The molecule has 2 fully saturated rings. The predicted molar refractivity (Wildman–Crippen MR) is 81.2 cm³/mol. The summed E-state index contributed by atoms with van der Waals surface area (Å²) in [6, 6.07) is 9.19. The lowest BCUT2D eigenvalue weighted by Gasteiger charge is -2.22. The first kappa shape index (κ1) is 12.4. The normalized spacial score (nSPS) is 26.1. The summed E-state index contributed by atoms with van der Waals surface area (Å²) < 4.78 is 0. The summed E-state index contributed by atoms with van der Waals surface area (Å²) in [6.07, 6.45) is 3.79. The van der Waals surface area contributed by atoms with Crippen molar-refractivity contribution in [2.75, 3.05) is 18.4 Å². The zero-order valence-electron chi connectivity index (χ0n) is 11.2. The number of fused-ring (bicyclic) bond motifs is 2. The maximum absolute atomic E-state index is 6.13. The summed E-state index contributed by atoms with van der Waals surface area (Å²) in [6.45, 7) is 2.44. The van der Waals surface area contributed by atoms with Crippen molar-refractivity contribution >= 4 is 28.2 Å². The maximum atomic E-state index is 6.13. The fourth-order valence-corrected chi connectivity index (χ4v) is 3.81. The van der Waals surface area contributed by atoms with Gasteiger partial charge in [0.05, 0.1) is 0 Å². The third kappa shape index (κ3) is 1.95. The van der Waals surface area contributed by atoms with E-state index in [1.807, 2.05) is 18.2 Å². The summed E-state index contributed by atoms with van der Waals surface area (Å²) >= 11 is 6.13. The van der Waals surface area contributed by atoms with Crippen LogP contribution in [0, 0.1) is 0 Å². The molecule has 3 heterocycles. The molecule has 104 valence electrons. The van der Waals surface area contributed by atoms with Crippen LogP contribution >= 0.6 is 11.6 Å². The van der Waals surface area contributed by atoms with Crippen LogP contribution in [0.15, 0.2) is 24.3 Å². The zero-order chi connectivity index (χ0) is 13.5. The second kappa shape index (κ2) is 4.86. The lowest BCUT2D eigenvalue weighted by Crippen LogP contribution is -2.34. The second-order valence-corrected chi connectivity index (χ2v) is 6.03. The third-order valence-electron chi connectivity index (χ3n) is 4.57. The number of nitrogens with zero attached hydrogens (tertiary/aromatic N) is 3. The first-order valence-corrected chi connectivity index (χ1v) is 7.62. The Kier molecular flexibility index (Phi) is 3.00. The Morgan fingerprint density at radius 3 is 2.85 bits per heavy atom. The fourth-order valence-electron chi connectivity index (χ4n) is 3.60. The Bertz CT molecular complexity index is 645. The SMILES string of the molecule is Clc1nnc(NC2CCN3CCCC23)c2ccccc12. The molecule has 2 aliphatic rings. The molecule has 0 spiro atoms. The summed E-state index contributed by atoms with van der Waals surface area (Å²) in [7, 11) is 0. The summed E-state index contributed by atoms with van der Waals surface area (Å²) in [5.41, 5.74) is 0. The minimum Gasteiger partial charge on any atom is -0.364 e. The Morgan fingerprint density at radius 1 is 1.10 bits per heavy atom. The summed E-state index contributed by atoms with van der Waals surface area (Å²) in [5.74, 6) is 0.865. The lowest BCUT2D eigenvalue weighted by atomic mass is 10.1. The van der Waals surface area contributed by atoms with E-state index in [1.54, 1.807) is 0 Å². The van der Waals surface area contributed by atoms with E-state index in [-0.39, 0.29) is 0 Å². The molecule has 2 unspecified atom stereocenters. The fraction of sp³-hybridized carbons (Fsp3) is 0.467. The molecular formula is C15H17ClN4. The topological polar surface area (TPSA) is 41.1 Å². The Balaban J connectivity index is 1.68. The average Bonchev–Trinajstić information content (AvgIpc) is 3.07. The first-order valence-electron chi connectivity index (χ1n) is 7.24. The van der Waals surface area contributed by atoms with E-state index in [1.165, 1.54) is 32.4 Å². The first-order chi connectivity index (χ1) is 9.83. The molecule has 0 aliphatic carbocycles. The molecule has 0 bridgehead atoms. The van der Waals surface area contributed by atoms with Gasteiger partial charge in [-0.2, -0.15) is 0 Å². The Labute approximate surface area is 123 Å². The van der Waals surface area contributed by atoms with Crippen molar-refractivity contribution < 1.29 is 0 Å². The smallest absolute Gasteiger partial charge is 0.159 e. The number of hydrogen-bond donors (Lipinski definition) is 1. The molecular weight excluding hydrogens is 272 g/mol. The Morgan fingerprint density at radius 2 is 1.95 bits per heavy atom. The van der Waals surface area contributed by atoms with Crippen molar-refractivity contribution in [3.63, 3.8) is 0 Å². The van der Waals surface area contributed by atoms with Crippen molar-refractivity contribution in [2.24, 2.45) is 0 Å². The standard InChI is InChI=1S/C15H17ClN4/c16-14-10-4-1-2-5-11(10)15(19-18-14)17-12-7-9-20-8-3-6-13(12)20/h1-2,4-5,12-13H,3,6-9H2,(H,17,19). The van der Waals surface area contributed by atoms with Gasteiger partial charge < -0.3 is 5.32 Å². The molecule has 2 saturated heterocycles. The quantitative estimate of drug-likeness (QED) is 0.922. The number of aromatic nitrogens is 2. The highest BCUT2D eigenvalue weighted by Gasteiger charge is 2.37. The van der Waals surface area contributed by atoms with Gasteiger partial charge in [-0.25, -0.2) is 0 Å². The highest BCUT2D eigenvalue weighted by atomic mass is 35.5. The van der Waals surface area contributed by atoms with Gasteiger partial charge in [0.1, 0.15) is 0 Å². The van der Waals surface area contributed by atoms with Crippen LogP contribution in [-0.2, 0) is 0 Å². The van der Waals surface area contributed by atoms with Gasteiger partial charge in [-0.15, -0.1) is 10.2 Å². The van der Waals surface area contributed by atoms with Crippen molar-refractivity contribution in [1.82, 2.24) is 15.1 Å². The number of halogens is 1. The van der Waals surface area contributed by atoms with Gasteiger partial charge in [0.25, 0.3) is 0 Å². The van der Waals surface area contributed by atoms with Gasteiger partial charge in [0.2, 0.25) is 0 Å². The predicted octanol–water partition coefficient (Wildman–Crippen LogP) is 2.93. The van der Waals surface area contributed by atoms with Gasteiger partial charge in [-0.3, -0.25) is 4.90 Å². The number of hydrogen-bond acceptors (Lipinski definition) is 4. The van der Waals surface area contributed by atoms with Crippen LogP contribution in [-0.4, -0.2) is 40.3 Å². The van der Waals surface area contributed by atoms with Crippen molar-refractivity contribution in [2.45, 2.75) is 31.3 Å². The molecule has 2 aromatic rings. The third-order valence-corrected chi connectivity index (χ3v) is 4.85. The molecule has 20 heavy (non-hydrogen) atoms. The van der Waals surface area contributed by atoms with Gasteiger partial charge in [0, 0.05) is 29.4 Å². The lowest BCUT2D eigenvalue weighted by molar-refractivity contribution is 0.318. The van der Waals surface area contributed by atoms with Gasteiger partial charge in [-0.1, -0.05) is 35.9 Å². The van der Waals surface area contributed by atoms with Crippen molar-refractivity contribution in [3.8, 4) is 0 Å². The van der Waals surface area contributed by atoms with Crippen LogP contribution in [0.3, 0.4) is 0 Å². The second-order valence-electron chi connectivity index (χ2n) is 5.67. The molecule has 0 radical (unpaired) electrons. The van der Waals surface area contributed by atoms with E-state index in [0.717, 1.165) is 16.6 Å². The summed E-state index contributed by atoms with van der Waals surface area (Å²) in [5, 5.41) is 14.5. The van der Waals surface area contributed by atoms with E-state index in [4.69, 9.17) is 11.6 Å². The minimum atomic E-state index is 0.472. The number of benzene rings is 1. The highest BCUT2D eigenvalue weighted by molar-refractivity contribution is 6.34. The van der Waals surface area contributed by atoms with Crippen molar-refractivity contribution in [3.05, 3.63) is 29.4 Å². The number of anilines is 1. The summed E-state index contributed by atoms with van der Waals surface area (Å²) in [4.78, 5) is 2.59. The van der Waals surface area contributed by atoms with Gasteiger partial charge >= 0.3 is 0 Å². The molecule has 0 amide bonds. The van der Waals surface area contributed by atoms with Crippen LogP contribution in [0.2, 0.25) is 5.15 Å². The minimum absolute atomic E-state index is 0.472. The van der Waals surface area contributed by atoms with E-state index in [2.05, 4.69) is 26.5 Å². The largest absolute Gasteiger partial charge is 0.364 e. The van der Waals surface area contributed by atoms with Crippen LogP contribution in [0.1, 0.15) is 19.3 Å². The zero-order valence-corrected chi connectivity index (χ0v) is 12.0. The Hall–Kier alpha value is -1.39. The van der Waals surface area contributed by atoms with Crippen LogP contribution < -0.4 is 5.32 Å². The van der Waals surface area contributed by atoms with E-state index in [9.17, 15) is 0 Å². The number of rotatable bonds is 2. The average molecular weight is 289 g/mol. The highest BCUT2D eigenvalue weighted by Crippen LogP contribution is 2.32. The van der Waals surface area contributed by atoms with Gasteiger partial charge in [-0.05, 0) is 25.8 Å². The van der Waals surface area contributed by atoms with E-state index < -0.39 is 0 Å². The van der Waals surface area contributed by atoms with Crippen LogP contribution in [0.25, 0.3) is 10.8 Å². The van der Waals surface area contributed by atoms with Crippen LogP contribution in [0.4, 0.5) is 5.82 Å². The van der Waals surface area contributed by atoms with Gasteiger partial charge in [0.15, 0.2) is 11.0 Å². The number of nitrogens with one attached hydrogen (secondary N) is 1. The molecule has 4 nitrogen and oxygen atoms in total. The molecule has 1 aromatic carbocycles. The molecule has 1 N–H and O–H groups in total. The van der Waals surface area contributed by atoms with Crippen LogP contribution in [0.5, 0.6) is 0 Å².